The molecule has 4 heteroatoms. The van der Waals surface area contributed by atoms with Crippen molar-refractivity contribution in [3.8, 4) is 5.75 Å². The van der Waals surface area contributed by atoms with E-state index in [4.69, 9.17) is 21.1 Å². The first-order chi connectivity index (χ1) is 8.72. The molecule has 100 valence electrons. The topological polar surface area (TPSA) is 18.5 Å². The lowest BCUT2D eigenvalue weighted by Gasteiger charge is -2.29. The lowest BCUT2D eigenvalue weighted by molar-refractivity contribution is 0.0207. The van der Waals surface area contributed by atoms with E-state index in [1.807, 2.05) is 18.2 Å². The molecule has 1 saturated carbocycles. The third kappa shape index (κ3) is 3.62. The monoisotopic (exact) mass is 332 g/mol. The Morgan fingerprint density at radius 1 is 1.33 bits per heavy atom. The number of hydrogen-bond donors (Lipinski definition) is 0. The zero-order valence-electron chi connectivity index (χ0n) is 10.5. The van der Waals surface area contributed by atoms with Gasteiger partial charge < -0.3 is 9.47 Å². The van der Waals surface area contributed by atoms with E-state index < -0.39 is 0 Å². The first-order valence-corrected chi connectivity index (χ1v) is 7.59. The molecule has 0 saturated heterocycles. The Bertz CT molecular complexity index is 397. The molecule has 0 amide bonds. The van der Waals surface area contributed by atoms with E-state index in [9.17, 15) is 0 Å². The summed E-state index contributed by atoms with van der Waals surface area (Å²) in [5.41, 5.74) is 1.09. The van der Waals surface area contributed by atoms with E-state index in [0.717, 1.165) is 35.0 Å². The highest BCUT2D eigenvalue weighted by atomic mass is 79.9. The molecule has 0 radical (unpaired) electrons. The van der Waals surface area contributed by atoms with Crippen LogP contribution in [-0.2, 0) is 10.6 Å². The summed E-state index contributed by atoms with van der Waals surface area (Å²) in [6.07, 6.45) is 4.97. The summed E-state index contributed by atoms with van der Waals surface area (Å²) in [7, 11) is 1.78. The summed E-state index contributed by atoms with van der Waals surface area (Å²) in [5, 5.41) is 0. The van der Waals surface area contributed by atoms with E-state index in [1.54, 1.807) is 7.11 Å². The maximum Gasteiger partial charge on any atom is 0.133 e. The van der Waals surface area contributed by atoms with Crippen molar-refractivity contribution < 1.29 is 9.47 Å². The fourth-order valence-electron chi connectivity index (χ4n) is 2.33. The zero-order chi connectivity index (χ0) is 13.0. The lowest BCUT2D eigenvalue weighted by Crippen LogP contribution is -2.29. The van der Waals surface area contributed by atoms with Crippen LogP contribution in [0.25, 0.3) is 0 Å². The second-order valence-electron chi connectivity index (χ2n) is 4.66. The van der Waals surface area contributed by atoms with Gasteiger partial charge in [-0.05, 0) is 52.9 Å². The van der Waals surface area contributed by atoms with Crippen molar-refractivity contribution in [3.05, 3.63) is 28.2 Å². The van der Waals surface area contributed by atoms with E-state index >= 15 is 0 Å². The quantitative estimate of drug-likeness (QED) is 0.754. The van der Waals surface area contributed by atoms with Crippen molar-refractivity contribution in [1.29, 1.82) is 0 Å². The second kappa shape index (κ2) is 6.78. The minimum atomic E-state index is 0.252. The molecular formula is C14H18BrClO2. The molecule has 2 nitrogen and oxygen atoms in total. The number of hydrogen-bond acceptors (Lipinski definition) is 2. The number of ether oxygens (including phenoxy) is 2. The molecule has 1 aromatic rings. The van der Waals surface area contributed by atoms with Crippen LogP contribution in [0.2, 0.25) is 0 Å². The Morgan fingerprint density at radius 3 is 2.78 bits per heavy atom. The third-order valence-electron chi connectivity index (χ3n) is 3.36. The largest absolute Gasteiger partial charge is 0.489 e. The van der Waals surface area contributed by atoms with Crippen LogP contribution < -0.4 is 4.74 Å². The molecule has 1 aromatic carbocycles. The fourth-order valence-corrected chi connectivity index (χ4v) is 3.01. The van der Waals surface area contributed by atoms with Gasteiger partial charge in [-0.15, -0.1) is 11.6 Å². The number of rotatable bonds is 4. The molecule has 0 spiro atoms. The molecule has 1 aliphatic rings. The summed E-state index contributed by atoms with van der Waals surface area (Å²) in [6, 6.07) is 6.00. The highest BCUT2D eigenvalue weighted by Gasteiger charge is 2.23. The predicted octanol–water partition coefficient (Wildman–Crippen LogP) is 4.52. The van der Waals surface area contributed by atoms with E-state index in [1.165, 1.54) is 6.42 Å². The number of benzene rings is 1. The number of methoxy groups -OCH3 is 1. The van der Waals surface area contributed by atoms with Gasteiger partial charge in [-0.1, -0.05) is 6.07 Å². The molecule has 0 aliphatic heterocycles. The van der Waals surface area contributed by atoms with Gasteiger partial charge in [-0.3, -0.25) is 0 Å². The first kappa shape index (κ1) is 14.2. The van der Waals surface area contributed by atoms with Crippen LogP contribution >= 0.6 is 27.5 Å². The Morgan fingerprint density at radius 2 is 2.11 bits per heavy atom. The van der Waals surface area contributed by atoms with Crippen molar-refractivity contribution in [2.45, 2.75) is 43.8 Å². The lowest BCUT2D eigenvalue weighted by atomic mass is 9.95. The zero-order valence-corrected chi connectivity index (χ0v) is 12.8. The van der Waals surface area contributed by atoms with Gasteiger partial charge in [-0.25, -0.2) is 0 Å². The van der Waals surface area contributed by atoms with Crippen LogP contribution in [-0.4, -0.2) is 19.3 Å². The number of alkyl halides is 1. The molecule has 0 aromatic heterocycles. The minimum absolute atomic E-state index is 0.252. The van der Waals surface area contributed by atoms with E-state index in [-0.39, 0.29) is 6.10 Å². The first-order valence-electron chi connectivity index (χ1n) is 6.26. The Balaban J connectivity index is 2.00. The van der Waals surface area contributed by atoms with Crippen LogP contribution in [0.1, 0.15) is 31.2 Å². The van der Waals surface area contributed by atoms with Gasteiger partial charge >= 0.3 is 0 Å². The fraction of sp³-hybridized carbons (Fsp3) is 0.571. The normalized spacial score (nSPS) is 23.9. The molecule has 18 heavy (non-hydrogen) atoms. The molecule has 1 fully saturated rings. The van der Waals surface area contributed by atoms with Gasteiger partial charge in [0.15, 0.2) is 0 Å². The van der Waals surface area contributed by atoms with Crippen LogP contribution in [0.3, 0.4) is 0 Å². The van der Waals surface area contributed by atoms with Crippen molar-refractivity contribution in [3.63, 3.8) is 0 Å². The van der Waals surface area contributed by atoms with Gasteiger partial charge in [0.1, 0.15) is 11.9 Å². The molecule has 0 N–H and O–H groups in total. The van der Waals surface area contributed by atoms with Crippen LogP contribution in [0.15, 0.2) is 22.7 Å². The third-order valence-corrected chi connectivity index (χ3v) is 4.28. The van der Waals surface area contributed by atoms with Gasteiger partial charge in [0.25, 0.3) is 0 Å². The maximum atomic E-state index is 6.05. The highest BCUT2D eigenvalue weighted by molar-refractivity contribution is 9.10. The summed E-state index contributed by atoms with van der Waals surface area (Å²) in [5.74, 6) is 1.42. The smallest absolute Gasteiger partial charge is 0.133 e. The number of halogens is 2. The second-order valence-corrected chi connectivity index (χ2v) is 5.78. The standard InChI is InChI=1S/C14H18BrClO2/c1-17-11-3-2-4-12(8-11)18-14-6-5-10(9-16)7-13(14)15/h5-7,11-12H,2-4,8-9H2,1H3. The Hall–Kier alpha value is -0.250. The maximum absolute atomic E-state index is 6.05. The van der Waals surface area contributed by atoms with Crippen LogP contribution in [0.5, 0.6) is 5.75 Å². The van der Waals surface area contributed by atoms with E-state index in [2.05, 4.69) is 15.9 Å². The van der Waals surface area contributed by atoms with Crippen molar-refractivity contribution in [1.82, 2.24) is 0 Å². The molecular weight excluding hydrogens is 316 g/mol. The van der Waals surface area contributed by atoms with Crippen LogP contribution in [0.4, 0.5) is 0 Å². The van der Waals surface area contributed by atoms with E-state index in [0.29, 0.717) is 12.0 Å². The molecule has 0 heterocycles. The summed E-state index contributed by atoms with van der Waals surface area (Å²) < 4.78 is 12.4. The predicted molar refractivity (Wildman–Crippen MR) is 77.4 cm³/mol. The summed E-state index contributed by atoms with van der Waals surface area (Å²) in [6.45, 7) is 0. The molecule has 0 bridgehead atoms. The SMILES string of the molecule is COC1CCCC(Oc2ccc(CCl)cc2Br)C1. The molecule has 2 rings (SSSR count). The van der Waals surface area contributed by atoms with Crippen molar-refractivity contribution in [2.75, 3.05) is 7.11 Å². The highest BCUT2D eigenvalue weighted by Crippen LogP contribution is 2.31. The molecule has 2 unspecified atom stereocenters. The summed E-state index contributed by atoms with van der Waals surface area (Å²) >= 11 is 9.33. The average Bonchev–Trinajstić information content (AvgIpc) is 2.41. The minimum Gasteiger partial charge on any atom is -0.489 e. The van der Waals surface area contributed by atoms with Gasteiger partial charge in [0, 0.05) is 19.4 Å². The van der Waals surface area contributed by atoms with Gasteiger partial charge in [-0.2, -0.15) is 0 Å². The van der Waals surface area contributed by atoms with Crippen molar-refractivity contribution >= 4 is 27.5 Å². The van der Waals surface area contributed by atoms with Crippen molar-refractivity contribution in [2.24, 2.45) is 0 Å². The van der Waals surface area contributed by atoms with Gasteiger partial charge in [0.2, 0.25) is 0 Å². The molecule has 2 atom stereocenters. The van der Waals surface area contributed by atoms with Crippen LogP contribution in [0, 0.1) is 0 Å². The Kier molecular flexibility index (Phi) is 5.34. The average molecular weight is 334 g/mol. The Labute approximate surface area is 122 Å². The van der Waals surface area contributed by atoms with Gasteiger partial charge in [0.05, 0.1) is 10.6 Å². The summed E-state index contributed by atoms with van der Waals surface area (Å²) in [4.78, 5) is 0. The molecule has 1 aliphatic carbocycles.